The zero-order valence-corrected chi connectivity index (χ0v) is 19.3. The standard InChI is InChI=1S/C21H26N6O.HI/c1-21(2)14-16(15-8-4-5-9-17(15)28-21)24-20(22-3)23-12-11-19-26-25-18-10-6-7-13-27(18)19;/h4-10,13,16H,11-12,14H2,1-3H3,(H2,22,23,24);1H. The molecule has 1 aromatic carbocycles. The Hall–Kier alpha value is -2.36. The lowest BCUT2D eigenvalue weighted by Gasteiger charge is -2.38. The number of aliphatic imine (C=N–C) groups is 1. The minimum atomic E-state index is -0.231. The molecular formula is C21H27IN6O. The molecule has 0 fully saturated rings. The summed E-state index contributed by atoms with van der Waals surface area (Å²) in [6.45, 7) is 4.94. The minimum absolute atomic E-state index is 0. The zero-order valence-electron chi connectivity index (χ0n) is 16.9. The van der Waals surface area contributed by atoms with Crippen LogP contribution in [0.2, 0.25) is 0 Å². The molecule has 3 heterocycles. The molecule has 0 saturated carbocycles. The van der Waals surface area contributed by atoms with E-state index in [1.54, 1.807) is 7.05 Å². The lowest BCUT2D eigenvalue weighted by atomic mass is 9.90. The first-order valence-electron chi connectivity index (χ1n) is 9.59. The van der Waals surface area contributed by atoms with Crippen molar-refractivity contribution < 1.29 is 4.74 Å². The molecule has 1 unspecified atom stereocenters. The molecule has 3 aromatic rings. The van der Waals surface area contributed by atoms with E-state index in [9.17, 15) is 0 Å². The summed E-state index contributed by atoms with van der Waals surface area (Å²) >= 11 is 0. The van der Waals surface area contributed by atoms with Crippen molar-refractivity contribution in [2.75, 3.05) is 13.6 Å². The monoisotopic (exact) mass is 506 g/mol. The molecule has 154 valence electrons. The predicted octanol–water partition coefficient (Wildman–Crippen LogP) is 3.36. The van der Waals surface area contributed by atoms with Crippen molar-refractivity contribution >= 4 is 35.6 Å². The molecule has 0 spiro atoms. The van der Waals surface area contributed by atoms with Gasteiger partial charge < -0.3 is 15.4 Å². The van der Waals surface area contributed by atoms with Gasteiger partial charge in [0.25, 0.3) is 0 Å². The van der Waals surface area contributed by atoms with Crippen LogP contribution < -0.4 is 15.4 Å². The summed E-state index contributed by atoms with van der Waals surface area (Å²) < 4.78 is 8.13. The predicted molar refractivity (Wildman–Crippen MR) is 125 cm³/mol. The molecule has 29 heavy (non-hydrogen) atoms. The highest BCUT2D eigenvalue weighted by molar-refractivity contribution is 14.0. The molecule has 8 heteroatoms. The van der Waals surface area contributed by atoms with Gasteiger partial charge in [0.1, 0.15) is 17.2 Å². The number of pyridine rings is 1. The lowest BCUT2D eigenvalue weighted by Crippen LogP contribution is -2.45. The third kappa shape index (κ3) is 4.80. The van der Waals surface area contributed by atoms with Crippen molar-refractivity contribution in [2.45, 2.75) is 38.3 Å². The highest BCUT2D eigenvalue weighted by atomic mass is 127. The summed E-state index contributed by atoms with van der Waals surface area (Å²) in [5, 5.41) is 15.4. The van der Waals surface area contributed by atoms with Crippen LogP contribution in [0.1, 0.15) is 37.7 Å². The van der Waals surface area contributed by atoms with Crippen molar-refractivity contribution in [1.82, 2.24) is 25.2 Å². The van der Waals surface area contributed by atoms with Crippen LogP contribution in [0.5, 0.6) is 5.75 Å². The Kier molecular flexibility index (Phi) is 6.61. The van der Waals surface area contributed by atoms with Gasteiger partial charge in [-0.25, -0.2) is 0 Å². The summed E-state index contributed by atoms with van der Waals surface area (Å²) in [6.07, 6.45) is 3.60. The molecular weight excluding hydrogens is 479 g/mol. The fourth-order valence-corrected chi connectivity index (χ4v) is 3.64. The maximum Gasteiger partial charge on any atom is 0.191 e. The Balaban J connectivity index is 0.00000240. The number of benzene rings is 1. The molecule has 0 saturated heterocycles. The second-order valence-electron chi connectivity index (χ2n) is 7.59. The number of fused-ring (bicyclic) bond motifs is 2. The first-order chi connectivity index (χ1) is 13.6. The summed E-state index contributed by atoms with van der Waals surface area (Å²) in [5.41, 5.74) is 1.79. The van der Waals surface area contributed by atoms with Crippen molar-refractivity contribution in [3.8, 4) is 5.75 Å². The molecule has 2 aromatic heterocycles. The van der Waals surface area contributed by atoms with Crippen LogP contribution >= 0.6 is 24.0 Å². The largest absolute Gasteiger partial charge is 0.487 e. The first kappa shape index (κ1) is 21.4. The lowest BCUT2D eigenvalue weighted by molar-refractivity contribution is 0.0694. The number of aromatic nitrogens is 3. The maximum atomic E-state index is 6.12. The van der Waals surface area contributed by atoms with Crippen molar-refractivity contribution in [3.05, 3.63) is 60.0 Å². The quantitative estimate of drug-likeness (QED) is 0.323. The topological polar surface area (TPSA) is 75.8 Å². The van der Waals surface area contributed by atoms with Crippen LogP contribution in [0.15, 0.2) is 53.7 Å². The molecule has 4 rings (SSSR count). The van der Waals surface area contributed by atoms with Crippen LogP contribution in [0.4, 0.5) is 0 Å². The first-order valence-corrected chi connectivity index (χ1v) is 9.59. The van der Waals surface area contributed by atoms with Crippen LogP contribution in [-0.4, -0.2) is 39.8 Å². The van der Waals surface area contributed by atoms with Crippen LogP contribution in [-0.2, 0) is 6.42 Å². The van der Waals surface area contributed by atoms with E-state index in [4.69, 9.17) is 4.74 Å². The molecule has 0 aliphatic carbocycles. The van der Waals surface area contributed by atoms with Gasteiger partial charge in [0.05, 0.1) is 6.04 Å². The highest BCUT2D eigenvalue weighted by Crippen LogP contribution is 2.39. The van der Waals surface area contributed by atoms with Gasteiger partial charge >= 0.3 is 0 Å². The average molecular weight is 506 g/mol. The number of para-hydroxylation sites is 1. The molecule has 1 aliphatic rings. The summed E-state index contributed by atoms with van der Waals surface area (Å²) in [7, 11) is 1.79. The van der Waals surface area contributed by atoms with E-state index in [-0.39, 0.29) is 35.6 Å². The van der Waals surface area contributed by atoms with Gasteiger partial charge in [-0.2, -0.15) is 0 Å². The second kappa shape index (κ2) is 8.98. The Morgan fingerprint density at radius 3 is 2.83 bits per heavy atom. The number of hydrogen-bond donors (Lipinski definition) is 2. The Morgan fingerprint density at radius 2 is 2.00 bits per heavy atom. The third-order valence-electron chi connectivity index (χ3n) is 4.94. The van der Waals surface area contributed by atoms with Gasteiger partial charge in [-0.3, -0.25) is 9.39 Å². The molecule has 0 radical (unpaired) electrons. The number of rotatable bonds is 4. The normalized spacial score (nSPS) is 17.8. The van der Waals surface area contributed by atoms with Crippen molar-refractivity contribution in [3.63, 3.8) is 0 Å². The van der Waals surface area contributed by atoms with E-state index >= 15 is 0 Å². The van der Waals surface area contributed by atoms with Crippen LogP contribution in [0.25, 0.3) is 5.65 Å². The molecule has 0 amide bonds. The molecule has 2 N–H and O–H groups in total. The third-order valence-corrected chi connectivity index (χ3v) is 4.94. The van der Waals surface area contributed by atoms with Gasteiger partial charge in [-0.05, 0) is 32.0 Å². The van der Waals surface area contributed by atoms with Gasteiger partial charge in [0.2, 0.25) is 0 Å². The van der Waals surface area contributed by atoms with Crippen LogP contribution in [0.3, 0.4) is 0 Å². The number of hydrogen-bond acceptors (Lipinski definition) is 4. The number of halogens is 1. The summed E-state index contributed by atoms with van der Waals surface area (Å²) in [6, 6.07) is 14.2. The Morgan fingerprint density at radius 1 is 1.21 bits per heavy atom. The summed E-state index contributed by atoms with van der Waals surface area (Å²) in [4.78, 5) is 4.39. The zero-order chi connectivity index (χ0) is 19.6. The van der Waals surface area contributed by atoms with E-state index in [1.807, 2.05) is 47.0 Å². The number of ether oxygens (including phenoxy) is 1. The number of guanidine groups is 1. The van der Waals surface area contributed by atoms with Crippen molar-refractivity contribution in [1.29, 1.82) is 0 Å². The van der Waals surface area contributed by atoms with Gasteiger partial charge in [0, 0.05) is 38.2 Å². The Labute approximate surface area is 188 Å². The second-order valence-corrected chi connectivity index (χ2v) is 7.59. The van der Waals surface area contributed by atoms with E-state index in [0.29, 0.717) is 6.54 Å². The number of nitrogens with zero attached hydrogens (tertiary/aromatic N) is 4. The van der Waals surface area contributed by atoms with E-state index in [1.165, 1.54) is 0 Å². The SMILES string of the molecule is CN=C(NCCc1nnc2ccccn12)NC1CC(C)(C)Oc2ccccc21.I. The van der Waals surface area contributed by atoms with Gasteiger partial charge in [-0.15, -0.1) is 34.2 Å². The van der Waals surface area contributed by atoms with Crippen LogP contribution in [0, 0.1) is 0 Å². The fourth-order valence-electron chi connectivity index (χ4n) is 3.64. The van der Waals surface area contributed by atoms with Crippen molar-refractivity contribution in [2.24, 2.45) is 4.99 Å². The smallest absolute Gasteiger partial charge is 0.191 e. The molecule has 0 bridgehead atoms. The maximum absolute atomic E-state index is 6.12. The van der Waals surface area contributed by atoms with E-state index in [2.05, 4.69) is 45.7 Å². The average Bonchev–Trinajstić information content (AvgIpc) is 3.09. The molecule has 7 nitrogen and oxygen atoms in total. The van der Waals surface area contributed by atoms with Gasteiger partial charge in [-0.1, -0.05) is 24.3 Å². The molecule has 1 atom stereocenters. The summed E-state index contributed by atoms with van der Waals surface area (Å²) in [5.74, 6) is 2.63. The van der Waals surface area contributed by atoms with E-state index < -0.39 is 0 Å². The Bertz CT molecular complexity index is 1000. The van der Waals surface area contributed by atoms with E-state index in [0.717, 1.165) is 41.6 Å². The van der Waals surface area contributed by atoms with Gasteiger partial charge in [0.15, 0.2) is 11.6 Å². The molecule has 1 aliphatic heterocycles. The number of nitrogens with one attached hydrogen (secondary N) is 2. The minimum Gasteiger partial charge on any atom is -0.487 e. The fraction of sp³-hybridized carbons (Fsp3) is 0.381. The highest BCUT2D eigenvalue weighted by Gasteiger charge is 2.33.